The minimum absolute atomic E-state index is 0.00163. The van der Waals surface area contributed by atoms with Crippen LogP contribution in [0.3, 0.4) is 0 Å². The van der Waals surface area contributed by atoms with Crippen molar-refractivity contribution in [1.29, 1.82) is 5.41 Å². The summed E-state index contributed by atoms with van der Waals surface area (Å²) in [7, 11) is -13.6. The van der Waals surface area contributed by atoms with E-state index in [9.17, 15) is 32.6 Å². The van der Waals surface area contributed by atoms with E-state index < -0.39 is 36.6 Å². The molecule has 1 unspecified atom stereocenters. The van der Waals surface area contributed by atoms with Gasteiger partial charge in [0.25, 0.3) is 0 Å². The maximum Gasteiger partial charge on any atom is 0.310 e. The van der Waals surface area contributed by atoms with Crippen LogP contribution in [-0.2, 0) is 20.4 Å². The minimum atomic E-state index is -9.92. The number of amides is 1. The lowest BCUT2D eigenvalue weighted by atomic mass is 9.85. The molecule has 2 rings (SSSR count). The third kappa shape index (κ3) is 5.48. The SMILES string of the molecule is CCC(Nc1cccc(NS(C)(=O)=O)c1C=N)(C(N)=O)c1ccc(S(F)(F)(F)(F)F)cc1. The first-order valence-electron chi connectivity index (χ1n) is 8.87. The summed E-state index contributed by atoms with van der Waals surface area (Å²) in [6.45, 7) is 1.48. The lowest BCUT2D eigenvalue weighted by Crippen LogP contribution is -2.47. The van der Waals surface area contributed by atoms with Crippen molar-refractivity contribution in [1.82, 2.24) is 0 Å². The van der Waals surface area contributed by atoms with Crippen LogP contribution in [0.25, 0.3) is 0 Å². The smallest absolute Gasteiger partial charge is 0.310 e. The largest absolute Gasteiger partial charge is 0.367 e. The molecule has 5 N–H and O–H groups in total. The molecule has 0 heterocycles. The molecule has 0 radical (unpaired) electrons. The van der Waals surface area contributed by atoms with E-state index in [1.165, 1.54) is 25.1 Å². The second-order valence-corrected chi connectivity index (χ2v) is 11.2. The fourth-order valence-electron chi connectivity index (χ4n) is 3.09. The van der Waals surface area contributed by atoms with Gasteiger partial charge < -0.3 is 16.5 Å². The highest BCUT2D eigenvalue weighted by Gasteiger charge is 2.65. The summed E-state index contributed by atoms with van der Waals surface area (Å²) in [6.07, 6.45) is 1.58. The summed E-state index contributed by atoms with van der Waals surface area (Å²) in [5, 5.41) is 10.4. The van der Waals surface area contributed by atoms with Crippen molar-refractivity contribution < 1.29 is 32.6 Å². The highest BCUT2D eigenvalue weighted by molar-refractivity contribution is 8.45. The van der Waals surface area contributed by atoms with Crippen molar-refractivity contribution in [3.8, 4) is 0 Å². The Morgan fingerprint density at radius 3 is 2.03 bits per heavy atom. The molecular formula is C18H21F5N4O3S2. The average molecular weight is 501 g/mol. The summed E-state index contributed by atoms with van der Waals surface area (Å²) in [4.78, 5) is 10.3. The zero-order valence-corrected chi connectivity index (χ0v) is 18.5. The number of carbonyl (C=O) groups is 1. The third-order valence-electron chi connectivity index (χ3n) is 4.64. The zero-order chi connectivity index (χ0) is 24.7. The van der Waals surface area contributed by atoms with Crippen LogP contribution in [0.2, 0.25) is 0 Å². The van der Waals surface area contributed by atoms with Crippen LogP contribution in [0.15, 0.2) is 47.4 Å². The number of hydrogen-bond donors (Lipinski definition) is 4. The van der Waals surface area contributed by atoms with Gasteiger partial charge in [-0.1, -0.05) is 44.6 Å². The molecular weight excluding hydrogens is 479 g/mol. The molecule has 14 heteroatoms. The van der Waals surface area contributed by atoms with Crippen LogP contribution < -0.4 is 15.8 Å². The Kier molecular flexibility index (Phi) is 5.82. The van der Waals surface area contributed by atoms with Gasteiger partial charge >= 0.3 is 10.2 Å². The van der Waals surface area contributed by atoms with Gasteiger partial charge in [-0.25, -0.2) is 8.42 Å². The number of sulfonamides is 1. The number of primary amides is 1. The quantitative estimate of drug-likeness (QED) is 0.288. The number of benzene rings is 2. The minimum Gasteiger partial charge on any atom is -0.367 e. The predicted molar refractivity (Wildman–Crippen MR) is 115 cm³/mol. The molecule has 1 atom stereocenters. The van der Waals surface area contributed by atoms with Crippen molar-refractivity contribution in [3.05, 3.63) is 53.6 Å². The molecule has 0 fully saturated rings. The van der Waals surface area contributed by atoms with Crippen molar-refractivity contribution in [3.63, 3.8) is 0 Å². The Morgan fingerprint density at radius 1 is 1.09 bits per heavy atom. The van der Waals surface area contributed by atoms with Gasteiger partial charge in [-0.2, -0.15) is 0 Å². The number of hydrogen-bond acceptors (Lipinski definition) is 5. The topological polar surface area (TPSA) is 125 Å². The van der Waals surface area contributed by atoms with E-state index in [4.69, 9.17) is 11.1 Å². The first-order valence-corrected chi connectivity index (χ1v) is 12.7. The van der Waals surface area contributed by atoms with Crippen LogP contribution >= 0.6 is 10.2 Å². The van der Waals surface area contributed by atoms with Crippen LogP contribution in [0.4, 0.5) is 30.8 Å². The van der Waals surface area contributed by atoms with Crippen LogP contribution in [0, 0.1) is 5.41 Å². The molecule has 0 aliphatic heterocycles. The number of nitrogens with one attached hydrogen (secondary N) is 3. The number of anilines is 2. The van der Waals surface area contributed by atoms with E-state index in [1.54, 1.807) is 0 Å². The molecule has 2 aromatic carbocycles. The molecule has 7 nitrogen and oxygen atoms in total. The second kappa shape index (κ2) is 7.33. The number of nitrogens with two attached hydrogens (primary N) is 1. The maximum absolute atomic E-state index is 13.1. The van der Waals surface area contributed by atoms with Gasteiger partial charge in [-0.3, -0.25) is 9.52 Å². The number of rotatable bonds is 9. The van der Waals surface area contributed by atoms with Crippen molar-refractivity contribution in [2.24, 2.45) is 5.73 Å². The fourth-order valence-corrected chi connectivity index (χ4v) is 4.32. The highest BCUT2D eigenvalue weighted by Crippen LogP contribution is 3.02. The maximum atomic E-state index is 13.1. The molecule has 0 spiro atoms. The van der Waals surface area contributed by atoms with Gasteiger partial charge in [0.2, 0.25) is 15.9 Å². The van der Waals surface area contributed by atoms with Gasteiger partial charge in [-0.05, 0) is 36.2 Å². The molecule has 0 aromatic heterocycles. The Balaban J connectivity index is 2.63. The first-order chi connectivity index (χ1) is 14.3. The van der Waals surface area contributed by atoms with E-state index in [-0.39, 0.29) is 41.1 Å². The highest BCUT2D eigenvalue weighted by atomic mass is 32.5. The Hall–Kier alpha value is -2.87. The van der Waals surface area contributed by atoms with Crippen molar-refractivity contribution in [2.75, 3.05) is 16.3 Å². The van der Waals surface area contributed by atoms with E-state index in [1.807, 2.05) is 0 Å². The van der Waals surface area contributed by atoms with Crippen molar-refractivity contribution in [2.45, 2.75) is 23.8 Å². The lowest BCUT2D eigenvalue weighted by Gasteiger charge is -2.41. The molecule has 2 aromatic rings. The van der Waals surface area contributed by atoms with E-state index in [0.29, 0.717) is 0 Å². The molecule has 32 heavy (non-hydrogen) atoms. The molecule has 1 amide bonds. The summed E-state index contributed by atoms with van der Waals surface area (Å²) >= 11 is 0. The Morgan fingerprint density at radius 2 is 1.62 bits per heavy atom. The molecule has 0 saturated carbocycles. The van der Waals surface area contributed by atoms with Crippen LogP contribution in [-0.4, -0.2) is 26.8 Å². The van der Waals surface area contributed by atoms with Crippen LogP contribution in [0.5, 0.6) is 0 Å². The lowest BCUT2D eigenvalue weighted by molar-refractivity contribution is -0.122. The second-order valence-electron chi connectivity index (χ2n) is 7.03. The van der Waals surface area contributed by atoms with E-state index in [0.717, 1.165) is 24.6 Å². The van der Waals surface area contributed by atoms with Gasteiger partial charge in [0, 0.05) is 17.5 Å². The van der Waals surface area contributed by atoms with Gasteiger partial charge in [0.1, 0.15) is 10.4 Å². The molecule has 0 aliphatic carbocycles. The first kappa shape index (κ1) is 25.4. The van der Waals surface area contributed by atoms with Gasteiger partial charge in [0.05, 0.1) is 11.9 Å². The van der Waals surface area contributed by atoms with Gasteiger partial charge in [-0.15, -0.1) is 0 Å². The molecule has 178 valence electrons. The zero-order valence-electron chi connectivity index (χ0n) is 16.8. The average Bonchev–Trinajstić information content (AvgIpc) is 2.63. The van der Waals surface area contributed by atoms with E-state index >= 15 is 0 Å². The standard InChI is InChI=1S/C18H21F5N4O3S2/c1-3-18(17(25)28,12-7-9-13(10-8-12)32(19,20,21,22)23)26-15-5-4-6-16(14(15)11-24)27-31(2,29)30/h4-11,24,26-27H,3H2,1-2H3,(H2,25,28). The predicted octanol–water partition coefficient (Wildman–Crippen LogP) is 4.92. The number of halogens is 5. The summed E-state index contributed by atoms with van der Waals surface area (Å²) in [5.41, 5.74) is 3.63. The summed E-state index contributed by atoms with van der Waals surface area (Å²) in [6, 6.07) is 5.93. The Bertz CT molecular complexity index is 1170. The van der Waals surface area contributed by atoms with Gasteiger partial charge in [0.15, 0.2) is 0 Å². The van der Waals surface area contributed by atoms with Crippen LogP contribution in [0.1, 0.15) is 24.5 Å². The molecule has 0 aliphatic rings. The third-order valence-corrected chi connectivity index (χ3v) is 6.39. The Labute approximate surface area is 181 Å². The normalized spacial score (nSPS) is 16.2. The fraction of sp³-hybridized carbons (Fsp3) is 0.222. The summed E-state index contributed by atoms with van der Waals surface area (Å²) in [5.74, 6) is -1.03. The summed E-state index contributed by atoms with van der Waals surface area (Å²) < 4.78 is 90.6. The molecule has 0 bridgehead atoms. The number of carbonyl (C=O) groups excluding carboxylic acids is 1. The van der Waals surface area contributed by atoms with E-state index in [2.05, 4.69) is 10.0 Å². The van der Waals surface area contributed by atoms with Crippen molar-refractivity contribution >= 4 is 43.7 Å². The molecule has 0 saturated heterocycles. The monoisotopic (exact) mass is 500 g/mol.